The zero-order chi connectivity index (χ0) is 12.9. The summed E-state index contributed by atoms with van der Waals surface area (Å²) in [5.41, 5.74) is -0.351. The van der Waals surface area contributed by atoms with Crippen LogP contribution < -0.4 is 0 Å². The minimum absolute atomic E-state index is 0.00595. The van der Waals surface area contributed by atoms with Gasteiger partial charge in [0.1, 0.15) is 6.10 Å². The molecular formula is C14H27NO2. The summed E-state index contributed by atoms with van der Waals surface area (Å²) in [7, 11) is 0. The Labute approximate surface area is 106 Å². The van der Waals surface area contributed by atoms with Crippen molar-refractivity contribution in [2.75, 3.05) is 19.6 Å². The Morgan fingerprint density at radius 3 is 2.41 bits per heavy atom. The van der Waals surface area contributed by atoms with Crippen molar-refractivity contribution in [1.29, 1.82) is 0 Å². The van der Waals surface area contributed by atoms with E-state index in [1.54, 1.807) is 0 Å². The molecule has 1 rings (SSSR count). The second-order valence-electron chi connectivity index (χ2n) is 5.81. The molecule has 3 heteroatoms. The molecular weight excluding hydrogens is 214 g/mol. The van der Waals surface area contributed by atoms with Crippen molar-refractivity contribution in [3.05, 3.63) is 0 Å². The molecule has 0 aromatic heterocycles. The number of likely N-dealkylation sites (tertiary alicyclic amines) is 1. The van der Waals surface area contributed by atoms with Gasteiger partial charge in [0.25, 0.3) is 0 Å². The van der Waals surface area contributed by atoms with E-state index in [0.717, 1.165) is 26.1 Å². The quantitative estimate of drug-likeness (QED) is 0.693. The summed E-state index contributed by atoms with van der Waals surface area (Å²) < 4.78 is 5.53. The van der Waals surface area contributed by atoms with Crippen molar-refractivity contribution in [3.8, 4) is 0 Å². The van der Waals surface area contributed by atoms with E-state index in [2.05, 4.69) is 4.90 Å². The van der Waals surface area contributed by atoms with E-state index in [0.29, 0.717) is 0 Å². The minimum Gasteiger partial charge on any atom is -0.461 e. The third kappa shape index (κ3) is 4.66. The zero-order valence-electron chi connectivity index (χ0n) is 11.8. The van der Waals surface area contributed by atoms with Gasteiger partial charge in [-0.1, -0.05) is 13.3 Å². The van der Waals surface area contributed by atoms with Crippen molar-refractivity contribution in [3.63, 3.8) is 0 Å². The number of hydrogen-bond donors (Lipinski definition) is 0. The fourth-order valence-electron chi connectivity index (χ4n) is 2.03. The SMILES string of the molecule is CCC(C)(C)C(=O)OC(C)CN1CCCCC1. The summed E-state index contributed by atoms with van der Waals surface area (Å²) in [6, 6.07) is 0. The highest BCUT2D eigenvalue weighted by Gasteiger charge is 2.29. The van der Waals surface area contributed by atoms with Crippen LogP contribution in [0.4, 0.5) is 0 Å². The number of carbonyl (C=O) groups excluding carboxylic acids is 1. The number of rotatable bonds is 5. The number of hydrogen-bond acceptors (Lipinski definition) is 3. The number of esters is 1. The first-order valence-corrected chi connectivity index (χ1v) is 6.89. The summed E-state index contributed by atoms with van der Waals surface area (Å²) in [5, 5.41) is 0. The van der Waals surface area contributed by atoms with Crippen molar-refractivity contribution < 1.29 is 9.53 Å². The molecule has 1 aliphatic rings. The molecule has 1 aliphatic heterocycles. The summed E-state index contributed by atoms with van der Waals surface area (Å²) >= 11 is 0. The molecule has 0 aromatic rings. The maximum atomic E-state index is 11.9. The van der Waals surface area contributed by atoms with E-state index in [-0.39, 0.29) is 17.5 Å². The first-order valence-electron chi connectivity index (χ1n) is 6.89. The molecule has 1 fully saturated rings. The second kappa shape index (κ2) is 6.39. The van der Waals surface area contributed by atoms with Gasteiger partial charge in [-0.2, -0.15) is 0 Å². The summed E-state index contributed by atoms with van der Waals surface area (Å²) in [4.78, 5) is 14.3. The highest BCUT2D eigenvalue weighted by molar-refractivity contribution is 5.75. The lowest BCUT2D eigenvalue weighted by Gasteiger charge is -2.30. The van der Waals surface area contributed by atoms with Crippen LogP contribution in [0, 0.1) is 5.41 Å². The normalized spacial score (nSPS) is 20.0. The van der Waals surface area contributed by atoms with Crippen LogP contribution in [-0.4, -0.2) is 36.6 Å². The van der Waals surface area contributed by atoms with Gasteiger partial charge >= 0.3 is 5.97 Å². The molecule has 0 bridgehead atoms. The van der Waals surface area contributed by atoms with Gasteiger partial charge in [0, 0.05) is 6.54 Å². The molecule has 3 nitrogen and oxygen atoms in total. The lowest BCUT2D eigenvalue weighted by Crippen LogP contribution is -2.39. The third-order valence-corrected chi connectivity index (χ3v) is 3.71. The number of nitrogens with zero attached hydrogens (tertiary/aromatic N) is 1. The highest BCUT2D eigenvalue weighted by Crippen LogP contribution is 2.22. The van der Waals surface area contributed by atoms with Gasteiger partial charge in [0.05, 0.1) is 5.41 Å². The predicted molar refractivity (Wildman–Crippen MR) is 69.9 cm³/mol. The van der Waals surface area contributed by atoms with Crippen molar-refractivity contribution in [2.45, 2.75) is 59.5 Å². The number of piperidine rings is 1. The Hall–Kier alpha value is -0.570. The van der Waals surface area contributed by atoms with Gasteiger partial charge in [-0.3, -0.25) is 9.69 Å². The van der Waals surface area contributed by atoms with Gasteiger partial charge in [0.15, 0.2) is 0 Å². The number of carbonyl (C=O) groups is 1. The van der Waals surface area contributed by atoms with Crippen LogP contribution in [0.3, 0.4) is 0 Å². The number of ether oxygens (including phenoxy) is 1. The topological polar surface area (TPSA) is 29.5 Å². The van der Waals surface area contributed by atoms with Crippen LogP contribution in [0.5, 0.6) is 0 Å². The molecule has 1 saturated heterocycles. The van der Waals surface area contributed by atoms with Crippen molar-refractivity contribution >= 4 is 5.97 Å². The van der Waals surface area contributed by atoms with Gasteiger partial charge in [-0.05, 0) is 53.1 Å². The molecule has 0 aromatic carbocycles. The molecule has 0 radical (unpaired) electrons. The Balaban J connectivity index is 2.33. The molecule has 0 saturated carbocycles. The van der Waals surface area contributed by atoms with E-state index < -0.39 is 0 Å². The molecule has 1 atom stereocenters. The van der Waals surface area contributed by atoms with Crippen LogP contribution in [0.1, 0.15) is 53.4 Å². The second-order valence-corrected chi connectivity index (χ2v) is 5.81. The fraction of sp³-hybridized carbons (Fsp3) is 0.929. The summed E-state index contributed by atoms with van der Waals surface area (Å²) in [6.07, 6.45) is 4.73. The third-order valence-electron chi connectivity index (χ3n) is 3.71. The van der Waals surface area contributed by atoms with E-state index in [4.69, 9.17) is 4.74 Å². The maximum Gasteiger partial charge on any atom is 0.311 e. The molecule has 0 N–H and O–H groups in total. The Morgan fingerprint density at radius 1 is 1.29 bits per heavy atom. The van der Waals surface area contributed by atoms with E-state index in [9.17, 15) is 4.79 Å². The van der Waals surface area contributed by atoms with Crippen LogP contribution in [0.15, 0.2) is 0 Å². The van der Waals surface area contributed by atoms with Gasteiger partial charge in [0.2, 0.25) is 0 Å². The highest BCUT2D eigenvalue weighted by atomic mass is 16.5. The summed E-state index contributed by atoms with van der Waals surface area (Å²) in [6.45, 7) is 11.1. The van der Waals surface area contributed by atoms with E-state index >= 15 is 0 Å². The first kappa shape index (κ1) is 14.5. The Kier molecular flexibility index (Phi) is 5.44. The van der Waals surface area contributed by atoms with Crippen molar-refractivity contribution in [2.24, 2.45) is 5.41 Å². The molecule has 17 heavy (non-hydrogen) atoms. The van der Waals surface area contributed by atoms with Crippen LogP contribution in [0.25, 0.3) is 0 Å². The molecule has 1 unspecified atom stereocenters. The van der Waals surface area contributed by atoms with E-state index in [1.165, 1.54) is 19.3 Å². The molecule has 0 aliphatic carbocycles. The van der Waals surface area contributed by atoms with Gasteiger partial charge in [-0.25, -0.2) is 0 Å². The standard InChI is InChI=1S/C14H27NO2/c1-5-14(3,4)13(16)17-12(2)11-15-9-7-6-8-10-15/h12H,5-11H2,1-4H3. The average molecular weight is 241 g/mol. The van der Waals surface area contributed by atoms with Crippen LogP contribution in [0.2, 0.25) is 0 Å². The smallest absolute Gasteiger partial charge is 0.311 e. The monoisotopic (exact) mass is 241 g/mol. The van der Waals surface area contributed by atoms with E-state index in [1.807, 2.05) is 27.7 Å². The van der Waals surface area contributed by atoms with Crippen LogP contribution >= 0.6 is 0 Å². The fourth-order valence-corrected chi connectivity index (χ4v) is 2.03. The van der Waals surface area contributed by atoms with Crippen LogP contribution in [-0.2, 0) is 9.53 Å². The molecule has 1 heterocycles. The molecule has 0 spiro atoms. The Morgan fingerprint density at radius 2 is 1.88 bits per heavy atom. The molecule has 100 valence electrons. The van der Waals surface area contributed by atoms with Crippen molar-refractivity contribution in [1.82, 2.24) is 4.90 Å². The molecule has 0 amide bonds. The predicted octanol–water partition coefficient (Wildman–Crippen LogP) is 2.84. The lowest BCUT2D eigenvalue weighted by atomic mass is 9.90. The zero-order valence-corrected chi connectivity index (χ0v) is 11.8. The average Bonchev–Trinajstić information content (AvgIpc) is 2.30. The summed E-state index contributed by atoms with van der Waals surface area (Å²) in [5.74, 6) is -0.0653. The minimum atomic E-state index is -0.351. The van der Waals surface area contributed by atoms with Gasteiger partial charge in [-0.15, -0.1) is 0 Å². The first-order chi connectivity index (χ1) is 7.95. The maximum absolute atomic E-state index is 11.9. The lowest BCUT2D eigenvalue weighted by molar-refractivity contribution is -0.159. The van der Waals surface area contributed by atoms with Gasteiger partial charge < -0.3 is 4.74 Å². The Bertz CT molecular complexity index is 245. The largest absolute Gasteiger partial charge is 0.461 e.